The zero-order valence-corrected chi connectivity index (χ0v) is 12.4. The second kappa shape index (κ2) is 6.84. The average Bonchev–Trinajstić information content (AvgIpc) is 2.93. The summed E-state index contributed by atoms with van der Waals surface area (Å²) in [7, 11) is 1.64. The SMILES string of the molecule is CC(=O)NCC(=O)N(C)Cc1cn[nH]c1-c1ccc(F)cc1. The number of carbonyl (C=O) groups is 2. The van der Waals surface area contributed by atoms with Crippen LogP contribution in [-0.2, 0) is 16.1 Å². The highest BCUT2D eigenvalue weighted by atomic mass is 19.1. The molecule has 0 radical (unpaired) electrons. The highest BCUT2D eigenvalue weighted by Gasteiger charge is 2.14. The van der Waals surface area contributed by atoms with E-state index < -0.39 is 0 Å². The van der Waals surface area contributed by atoms with Gasteiger partial charge in [0, 0.05) is 31.6 Å². The number of amides is 2. The van der Waals surface area contributed by atoms with Crippen molar-refractivity contribution in [1.29, 1.82) is 0 Å². The van der Waals surface area contributed by atoms with Crippen LogP contribution in [0.1, 0.15) is 12.5 Å². The number of rotatable bonds is 5. The highest BCUT2D eigenvalue weighted by molar-refractivity contribution is 5.83. The summed E-state index contributed by atoms with van der Waals surface area (Å²) in [6.07, 6.45) is 1.63. The van der Waals surface area contributed by atoms with E-state index in [0.29, 0.717) is 6.54 Å². The maximum absolute atomic E-state index is 13.0. The van der Waals surface area contributed by atoms with Crippen molar-refractivity contribution >= 4 is 11.8 Å². The molecule has 0 saturated carbocycles. The quantitative estimate of drug-likeness (QED) is 0.874. The summed E-state index contributed by atoms with van der Waals surface area (Å²) in [6.45, 7) is 1.65. The summed E-state index contributed by atoms with van der Waals surface area (Å²) in [6, 6.07) is 6.02. The largest absolute Gasteiger partial charge is 0.347 e. The first-order chi connectivity index (χ1) is 10.5. The molecular weight excluding hydrogens is 287 g/mol. The molecule has 0 bridgehead atoms. The molecule has 2 N–H and O–H groups in total. The first-order valence-electron chi connectivity index (χ1n) is 6.74. The van der Waals surface area contributed by atoms with Crippen LogP contribution in [0.3, 0.4) is 0 Å². The molecule has 116 valence electrons. The molecule has 7 heteroatoms. The Morgan fingerprint density at radius 2 is 2.00 bits per heavy atom. The molecular formula is C15H17FN4O2. The van der Waals surface area contributed by atoms with E-state index in [9.17, 15) is 14.0 Å². The number of benzene rings is 1. The Morgan fingerprint density at radius 1 is 1.32 bits per heavy atom. The van der Waals surface area contributed by atoms with Crippen LogP contribution in [0.5, 0.6) is 0 Å². The zero-order chi connectivity index (χ0) is 16.1. The third-order valence-corrected chi connectivity index (χ3v) is 3.17. The number of likely N-dealkylation sites (N-methyl/N-ethyl adjacent to an activating group) is 1. The van der Waals surface area contributed by atoms with Gasteiger partial charge in [-0.1, -0.05) is 0 Å². The number of nitrogens with one attached hydrogen (secondary N) is 2. The van der Waals surface area contributed by atoms with Gasteiger partial charge in [-0.05, 0) is 24.3 Å². The minimum Gasteiger partial charge on any atom is -0.347 e. The lowest BCUT2D eigenvalue weighted by molar-refractivity contribution is -0.131. The Balaban J connectivity index is 2.08. The molecule has 0 fully saturated rings. The molecule has 0 unspecified atom stereocenters. The summed E-state index contributed by atoms with van der Waals surface area (Å²) in [4.78, 5) is 24.2. The Hall–Kier alpha value is -2.70. The van der Waals surface area contributed by atoms with Crippen molar-refractivity contribution in [3.05, 3.63) is 41.8 Å². The van der Waals surface area contributed by atoms with Gasteiger partial charge in [0.05, 0.1) is 18.4 Å². The zero-order valence-electron chi connectivity index (χ0n) is 12.4. The van der Waals surface area contributed by atoms with E-state index in [1.54, 1.807) is 25.4 Å². The smallest absolute Gasteiger partial charge is 0.242 e. The van der Waals surface area contributed by atoms with Crippen molar-refractivity contribution in [2.75, 3.05) is 13.6 Å². The van der Waals surface area contributed by atoms with E-state index in [0.717, 1.165) is 16.8 Å². The van der Waals surface area contributed by atoms with Gasteiger partial charge >= 0.3 is 0 Å². The molecule has 0 aliphatic carbocycles. The molecule has 1 heterocycles. The molecule has 0 spiro atoms. The number of aromatic nitrogens is 2. The molecule has 22 heavy (non-hydrogen) atoms. The van der Waals surface area contributed by atoms with Crippen molar-refractivity contribution in [3.63, 3.8) is 0 Å². The van der Waals surface area contributed by atoms with Crippen LogP contribution in [0.25, 0.3) is 11.3 Å². The summed E-state index contributed by atoms with van der Waals surface area (Å²) < 4.78 is 13.0. The minimum absolute atomic E-state index is 0.0461. The fourth-order valence-corrected chi connectivity index (χ4v) is 1.98. The van der Waals surface area contributed by atoms with E-state index in [4.69, 9.17) is 0 Å². The van der Waals surface area contributed by atoms with Gasteiger partial charge in [0.25, 0.3) is 0 Å². The van der Waals surface area contributed by atoms with Crippen molar-refractivity contribution in [1.82, 2.24) is 20.4 Å². The van der Waals surface area contributed by atoms with Gasteiger partial charge in [0.2, 0.25) is 11.8 Å². The summed E-state index contributed by atoms with van der Waals surface area (Å²) in [5.41, 5.74) is 2.33. The number of hydrogen-bond acceptors (Lipinski definition) is 3. The number of aromatic amines is 1. The second-order valence-electron chi connectivity index (χ2n) is 4.94. The van der Waals surface area contributed by atoms with Crippen molar-refractivity contribution in [2.45, 2.75) is 13.5 Å². The molecule has 0 aliphatic rings. The Morgan fingerprint density at radius 3 is 2.64 bits per heavy atom. The van der Waals surface area contributed by atoms with Crippen LogP contribution >= 0.6 is 0 Å². The van der Waals surface area contributed by atoms with Crippen LogP contribution in [0, 0.1) is 5.82 Å². The van der Waals surface area contributed by atoms with Crippen LogP contribution < -0.4 is 5.32 Å². The molecule has 2 amide bonds. The lowest BCUT2D eigenvalue weighted by Gasteiger charge is -2.17. The number of H-pyrrole nitrogens is 1. The Bertz CT molecular complexity index is 666. The maximum atomic E-state index is 13.0. The monoisotopic (exact) mass is 304 g/mol. The third-order valence-electron chi connectivity index (χ3n) is 3.17. The normalized spacial score (nSPS) is 10.3. The van der Waals surface area contributed by atoms with E-state index in [1.807, 2.05) is 0 Å². The number of nitrogens with zero attached hydrogens (tertiary/aromatic N) is 2. The molecule has 2 rings (SSSR count). The number of hydrogen-bond donors (Lipinski definition) is 2. The van der Waals surface area contributed by atoms with Gasteiger partial charge in [-0.2, -0.15) is 5.10 Å². The van der Waals surface area contributed by atoms with E-state index in [1.165, 1.54) is 24.0 Å². The predicted octanol–water partition coefficient (Wildman–Crippen LogP) is 1.31. The lowest BCUT2D eigenvalue weighted by atomic mass is 10.1. The highest BCUT2D eigenvalue weighted by Crippen LogP contribution is 2.22. The second-order valence-corrected chi connectivity index (χ2v) is 4.94. The maximum Gasteiger partial charge on any atom is 0.242 e. The van der Waals surface area contributed by atoms with Gasteiger partial charge in [0.15, 0.2) is 0 Å². The topological polar surface area (TPSA) is 78.1 Å². The summed E-state index contributed by atoms with van der Waals surface area (Å²) in [5.74, 6) is -0.772. The summed E-state index contributed by atoms with van der Waals surface area (Å²) in [5, 5.41) is 9.30. The predicted molar refractivity (Wildman–Crippen MR) is 79.1 cm³/mol. The third kappa shape index (κ3) is 3.91. The number of halogens is 1. The van der Waals surface area contributed by atoms with E-state index in [-0.39, 0.29) is 24.2 Å². The minimum atomic E-state index is -0.313. The number of carbonyl (C=O) groups excluding carboxylic acids is 2. The standard InChI is InChI=1S/C15H17FN4O2/c1-10(21)17-8-14(22)20(2)9-12-7-18-19-15(12)11-3-5-13(16)6-4-11/h3-7H,8-9H2,1-2H3,(H,17,21)(H,18,19). The fourth-order valence-electron chi connectivity index (χ4n) is 1.98. The van der Waals surface area contributed by atoms with Crippen molar-refractivity contribution in [3.8, 4) is 11.3 Å². The van der Waals surface area contributed by atoms with Crippen molar-refractivity contribution < 1.29 is 14.0 Å². The lowest BCUT2D eigenvalue weighted by Crippen LogP contribution is -2.36. The molecule has 0 aliphatic heterocycles. The van der Waals surface area contributed by atoms with Gasteiger partial charge in [0.1, 0.15) is 5.82 Å². The van der Waals surface area contributed by atoms with Crippen LogP contribution in [0.2, 0.25) is 0 Å². The molecule has 0 saturated heterocycles. The first-order valence-corrected chi connectivity index (χ1v) is 6.74. The van der Waals surface area contributed by atoms with Gasteiger partial charge in [-0.25, -0.2) is 4.39 Å². The average molecular weight is 304 g/mol. The molecule has 2 aromatic rings. The molecule has 0 atom stereocenters. The van der Waals surface area contributed by atoms with Crippen LogP contribution in [0.4, 0.5) is 4.39 Å². The van der Waals surface area contributed by atoms with Crippen LogP contribution in [-0.4, -0.2) is 40.5 Å². The molecule has 6 nitrogen and oxygen atoms in total. The molecule has 1 aromatic heterocycles. The Labute approximate surface area is 127 Å². The fraction of sp³-hybridized carbons (Fsp3) is 0.267. The van der Waals surface area contributed by atoms with Crippen LogP contribution in [0.15, 0.2) is 30.5 Å². The Kier molecular flexibility index (Phi) is 4.88. The van der Waals surface area contributed by atoms with Gasteiger partial charge in [-0.3, -0.25) is 14.7 Å². The molecule has 1 aromatic carbocycles. The van der Waals surface area contributed by atoms with Gasteiger partial charge in [-0.15, -0.1) is 0 Å². The van der Waals surface area contributed by atoms with Crippen molar-refractivity contribution in [2.24, 2.45) is 0 Å². The van der Waals surface area contributed by atoms with E-state index >= 15 is 0 Å². The van der Waals surface area contributed by atoms with E-state index in [2.05, 4.69) is 15.5 Å². The van der Waals surface area contributed by atoms with Gasteiger partial charge < -0.3 is 10.2 Å². The summed E-state index contributed by atoms with van der Waals surface area (Å²) >= 11 is 0. The first kappa shape index (κ1) is 15.7.